The zero-order valence-electron chi connectivity index (χ0n) is 7.65. The number of hydrogen-bond acceptors (Lipinski definition) is 4. The lowest BCUT2D eigenvalue weighted by Crippen LogP contribution is -2.40. The molecule has 14 heavy (non-hydrogen) atoms. The maximum absolute atomic E-state index is 11.2. The topological polar surface area (TPSA) is 86.6 Å². The van der Waals surface area contributed by atoms with Crippen molar-refractivity contribution in [1.29, 1.82) is 0 Å². The molecule has 1 fully saturated rings. The van der Waals surface area contributed by atoms with Gasteiger partial charge in [-0.05, 0) is 12.8 Å². The first kappa shape index (κ1) is 11.3. The summed E-state index contributed by atoms with van der Waals surface area (Å²) in [6, 6.07) is 0. The zero-order valence-corrected chi connectivity index (χ0v) is 8.47. The molecule has 0 atom stereocenters. The Morgan fingerprint density at radius 2 is 2.00 bits per heavy atom. The maximum atomic E-state index is 11.2. The second-order valence-corrected chi connectivity index (χ2v) is 4.36. The monoisotopic (exact) mass is 219 g/mol. The molecule has 1 aliphatic carbocycles. The van der Waals surface area contributed by atoms with E-state index in [0.29, 0.717) is 0 Å². The molecular formula is C8H13NO4S. The number of aliphatic carboxylic acids is 1. The SMILES string of the molecule is O=C(O)CSCC(=O)NC1(CO)CC1. The number of hydrogen-bond donors (Lipinski definition) is 3. The molecule has 0 radical (unpaired) electrons. The van der Waals surface area contributed by atoms with Crippen LogP contribution in [0.15, 0.2) is 0 Å². The first-order valence-corrected chi connectivity index (χ1v) is 5.45. The van der Waals surface area contributed by atoms with Crippen LogP contribution in [0.2, 0.25) is 0 Å². The van der Waals surface area contributed by atoms with Crippen LogP contribution in [0.3, 0.4) is 0 Å². The Labute approximate surface area is 85.9 Å². The Hall–Kier alpha value is -0.750. The van der Waals surface area contributed by atoms with E-state index in [9.17, 15) is 9.59 Å². The molecule has 0 aromatic rings. The second kappa shape index (κ2) is 4.65. The fourth-order valence-electron chi connectivity index (χ4n) is 1.04. The molecule has 0 spiro atoms. The third-order valence-electron chi connectivity index (χ3n) is 2.02. The van der Waals surface area contributed by atoms with Crippen LogP contribution < -0.4 is 5.32 Å². The summed E-state index contributed by atoms with van der Waals surface area (Å²) in [5, 5.41) is 19.9. The number of nitrogens with one attached hydrogen (secondary N) is 1. The van der Waals surface area contributed by atoms with Crippen LogP contribution in [0.5, 0.6) is 0 Å². The summed E-state index contributed by atoms with van der Waals surface area (Å²) in [6.45, 7) is -0.0393. The highest BCUT2D eigenvalue weighted by Gasteiger charge is 2.43. The van der Waals surface area contributed by atoms with E-state index >= 15 is 0 Å². The Kier molecular flexibility index (Phi) is 3.77. The summed E-state index contributed by atoms with van der Waals surface area (Å²) in [7, 11) is 0. The van der Waals surface area contributed by atoms with Crippen molar-refractivity contribution in [2.24, 2.45) is 0 Å². The molecule has 80 valence electrons. The number of carboxylic acid groups (broad SMARTS) is 1. The minimum atomic E-state index is -0.925. The van der Waals surface area contributed by atoms with E-state index in [1.807, 2.05) is 0 Å². The number of carboxylic acids is 1. The van der Waals surface area contributed by atoms with Crippen molar-refractivity contribution >= 4 is 23.6 Å². The van der Waals surface area contributed by atoms with Gasteiger partial charge in [-0.2, -0.15) is 0 Å². The first-order valence-electron chi connectivity index (χ1n) is 4.29. The molecule has 1 saturated carbocycles. The summed E-state index contributed by atoms with van der Waals surface area (Å²) in [6.07, 6.45) is 1.61. The second-order valence-electron chi connectivity index (χ2n) is 3.37. The lowest BCUT2D eigenvalue weighted by molar-refractivity contribution is -0.133. The highest BCUT2D eigenvalue weighted by molar-refractivity contribution is 8.00. The van der Waals surface area contributed by atoms with Crippen LogP contribution >= 0.6 is 11.8 Å². The molecule has 0 aromatic heterocycles. The molecule has 1 aliphatic rings. The van der Waals surface area contributed by atoms with Gasteiger partial charge < -0.3 is 15.5 Å². The van der Waals surface area contributed by atoms with Gasteiger partial charge >= 0.3 is 5.97 Å². The van der Waals surface area contributed by atoms with E-state index in [1.165, 1.54) is 0 Å². The van der Waals surface area contributed by atoms with Crippen LogP contribution in [-0.4, -0.2) is 45.7 Å². The standard InChI is InChI=1S/C8H13NO4S/c10-5-8(1-2-8)9-6(11)3-14-4-7(12)13/h10H,1-5H2,(H,9,11)(H,12,13). The number of aliphatic hydroxyl groups is 1. The molecule has 0 bridgehead atoms. The molecule has 0 aliphatic heterocycles. The smallest absolute Gasteiger partial charge is 0.313 e. The molecule has 0 saturated heterocycles. The predicted octanol–water partition coefficient (Wildman–Crippen LogP) is -0.555. The predicted molar refractivity (Wildman–Crippen MR) is 52.2 cm³/mol. The van der Waals surface area contributed by atoms with Crippen molar-refractivity contribution in [2.75, 3.05) is 18.1 Å². The molecule has 0 aromatic carbocycles. The fourth-order valence-corrected chi connectivity index (χ4v) is 1.57. The van der Waals surface area contributed by atoms with E-state index in [1.54, 1.807) is 0 Å². The highest BCUT2D eigenvalue weighted by Crippen LogP contribution is 2.34. The Morgan fingerprint density at radius 3 is 2.43 bits per heavy atom. The number of rotatable bonds is 6. The van der Waals surface area contributed by atoms with Gasteiger partial charge in [-0.15, -0.1) is 11.8 Å². The van der Waals surface area contributed by atoms with E-state index in [2.05, 4.69) is 5.32 Å². The van der Waals surface area contributed by atoms with E-state index < -0.39 is 11.5 Å². The minimum Gasteiger partial charge on any atom is -0.481 e. The van der Waals surface area contributed by atoms with Gasteiger partial charge in [-0.3, -0.25) is 9.59 Å². The maximum Gasteiger partial charge on any atom is 0.313 e. The van der Waals surface area contributed by atoms with Gasteiger partial charge in [-0.25, -0.2) is 0 Å². The van der Waals surface area contributed by atoms with Crippen LogP contribution in [0.25, 0.3) is 0 Å². The van der Waals surface area contributed by atoms with Crippen LogP contribution in [0.4, 0.5) is 0 Å². The van der Waals surface area contributed by atoms with E-state index in [-0.39, 0.29) is 24.0 Å². The Bertz CT molecular complexity index is 239. The summed E-state index contributed by atoms with van der Waals surface area (Å²) in [4.78, 5) is 21.3. The van der Waals surface area contributed by atoms with E-state index in [4.69, 9.17) is 10.2 Å². The zero-order chi connectivity index (χ0) is 10.6. The molecule has 1 amide bonds. The van der Waals surface area contributed by atoms with Crippen molar-refractivity contribution in [3.63, 3.8) is 0 Å². The molecule has 0 heterocycles. The average Bonchev–Trinajstić information content (AvgIpc) is 2.85. The highest BCUT2D eigenvalue weighted by atomic mass is 32.2. The number of carbonyl (C=O) groups is 2. The number of thioether (sulfide) groups is 1. The van der Waals surface area contributed by atoms with Gasteiger partial charge in [0.1, 0.15) is 0 Å². The van der Waals surface area contributed by atoms with Crippen LogP contribution in [-0.2, 0) is 9.59 Å². The van der Waals surface area contributed by atoms with Crippen molar-refractivity contribution in [1.82, 2.24) is 5.32 Å². The third kappa shape index (κ3) is 3.55. The van der Waals surface area contributed by atoms with E-state index in [0.717, 1.165) is 24.6 Å². The molecule has 6 heteroatoms. The van der Waals surface area contributed by atoms with Gasteiger partial charge in [0.2, 0.25) is 5.91 Å². The van der Waals surface area contributed by atoms with Gasteiger partial charge in [0.15, 0.2) is 0 Å². The van der Waals surface area contributed by atoms with Gasteiger partial charge in [-0.1, -0.05) is 0 Å². The fraction of sp³-hybridized carbons (Fsp3) is 0.750. The third-order valence-corrected chi connectivity index (χ3v) is 2.94. The lowest BCUT2D eigenvalue weighted by atomic mass is 10.3. The normalized spacial score (nSPS) is 17.5. The molecule has 0 unspecified atom stereocenters. The number of carbonyl (C=O) groups excluding carboxylic acids is 1. The minimum absolute atomic E-state index is 0.0393. The summed E-state index contributed by atoms with van der Waals surface area (Å²) in [5.41, 5.74) is -0.402. The molecule has 1 rings (SSSR count). The summed E-state index contributed by atoms with van der Waals surface area (Å²) >= 11 is 1.06. The first-order chi connectivity index (χ1) is 6.58. The van der Waals surface area contributed by atoms with Crippen molar-refractivity contribution in [3.05, 3.63) is 0 Å². The Morgan fingerprint density at radius 1 is 1.36 bits per heavy atom. The van der Waals surface area contributed by atoms with Crippen LogP contribution in [0.1, 0.15) is 12.8 Å². The largest absolute Gasteiger partial charge is 0.481 e. The number of aliphatic hydroxyl groups excluding tert-OH is 1. The van der Waals surface area contributed by atoms with Gasteiger partial charge in [0.05, 0.1) is 23.7 Å². The number of amides is 1. The van der Waals surface area contributed by atoms with Crippen molar-refractivity contribution < 1.29 is 19.8 Å². The summed E-state index contributed by atoms with van der Waals surface area (Å²) < 4.78 is 0. The summed E-state index contributed by atoms with van der Waals surface area (Å²) in [5.74, 6) is -1.07. The molecule has 5 nitrogen and oxygen atoms in total. The average molecular weight is 219 g/mol. The Balaban J connectivity index is 2.13. The van der Waals surface area contributed by atoms with Crippen molar-refractivity contribution in [3.8, 4) is 0 Å². The molecular weight excluding hydrogens is 206 g/mol. The molecule has 3 N–H and O–H groups in total. The lowest BCUT2D eigenvalue weighted by Gasteiger charge is -2.13. The van der Waals surface area contributed by atoms with Crippen LogP contribution in [0, 0.1) is 0 Å². The quantitative estimate of drug-likeness (QED) is 0.557. The van der Waals surface area contributed by atoms with Crippen molar-refractivity contribution in [2.45, 2.75) is 18.4 Å². The van der Waals surface area contributed by atoms with Gasteiger partial charge in [0, 0.05) is 0 Å². The van der Waals surface area contributed by atoms with Gasteiger partial charge in [0.25, 0.3) is 0 Å².